The summed E-state index contributed by atoms with van der Waals surface area (Å²) in [4.78, 5) is 33.5. The number of aliphatic hydroxyl groups excluding tert-OH is 1. The van der Waals surface area contributed by atoms with E-state index in [1.807, 2.05) is 0 Å². The highest BCUT2D eigenvalue weighted by molar-refractivity contribution is 6.10. The van der Waals surface area contributed by atoms with Crippen molar-refractivity contribution in [3.8, 4) is 34.5 Å². The molecule has 0 heterocycles. The molecule has 0 saturated heterocycles. The van der Waals surface area contributed by atoms with Gasteiger partial charge in [0.15, 0.2) is 19.0 Å². The fourth-order valence-electron chi connectivity index (χ4n) is 4.10. The summed E-state index contributed by atoms with van der Waals surface area (Å²) in [5.41, 5.74) is 2.09. The molecule has 12 nitrogen and oxygen atoms in total. The van der Waals surface area contributed by atoms with Crippen molar-refractivity contribution in [2.75, 3.05) is 41.7 Å². The Hall–Kier alpha value is -5.75. The maximum atomic E-state index is 12.5. The van der Waals surface area contributed by atoms with Crippen LogP contribution in [0.1, 0.15) is 33.2 Å². The van der Waals surface area contributed by atoms with E-state index in [4.69, 9.17) is 38.6 Å². The standard InChI is InChI=1S/C17H18O6.C17H16O6/c2*1-21-13-7-8-14(15(9-13)22-2)17(20)11-3-5-12(6-4-11)23-10-16(18)19/h3-9,17,20H,10H2,1-2H3,(H,18,19);3-9H,10H2,1-2H3,(H,18,19). The zero-order valence-corrected chi connectivity index (χ0v) is 25.6. The Kier molecular flexibility index (Phi) is 12.8. The Morgan fingerprint density at radius 1 is 0.587 bits per heavy atom. The molecular formula is C34H34O12. The summed E-state index contributed by atoms with van der Waals surface area (Å²) >= 11 is 0. The Labute approximate surface area is 265 Å². The normalized spacial score (nSPS) is 10.8. The highest BCUT2D eigenvalue weighted by atomic mass is 16.5. The van der Waals surface area contributed by atoms with Crippen molar-refractivity contribution in [1.29, 1.82) is 0 Å². The number of ketones is 1. The summed E-state index contributed by atoms with van der Waals surface area (Å²) in [5.74, 6) is 0.643. The van der Waals surface area contributed by atoms with E-state index >= 15 is 0 Å². The van der Waals surface area contributed by atoms with Crippen LogP contribution in [-0.4, -0.2) is 74.7 Å². The second-order valence-corrected chi connectivity index (χ2v) is 9.36. The Morgan fingerprint density at radius 2 is 1.04 bits per heavy atom. The predicted octanol–water partition coefficient (Wildman–Crippen LogP) is 4.65. The van der Waals surface area contributed by atoms with E-state index in [2.05, 4.69) is 0 Å². The topological polar surface area (TPSA) is 167 Å². The molecule has 4 aromatic rings. The summed E-state index contributed by atoms with van der Waals surface area (Å²) < 4.78 is 30.8. The lowest BCUT2D eigenvalue weighted by Gasteiger charge is -2.16. The predicted molar refractivity (Wildman–Crippen MR) is 166 cm³/mol. The average molecular weight is 635 g/mol. The van der Waals surface area contributed by atoms with Gasteiger partial charge < -0.3 is 43.7 Å². The van der Waals surface area contributed by atoms with E-state index in [0.717, 1.165) is 0 Å². The minimum atomic E-state index is -1.06. The number of benzene rings is 4. The second-order valence-electron chi connectivity index (χ2n) is 9.36. The van der Waals surface area contributed by atoms with Gasteiger partial charge >= 0.3 is 11.9 Å². The molecule has 0 aliphatic rings. The minimum Gasteiger partial charge on any atom is -0.497 e. The molecule has 4 rings (SSSR count). The maximum Gasteiger partial charge on any atom is 0.341 e. The summed E-state index contributed by atoms with van der Waals surface area (Å²) in [6.07, 6.45) is -0.885. The van der Waals surface area contributed by atoms with Crippen LogP contribution in [-0.2, 0) is 9.59 Å². The van der Waals surface area contributed by atoms with Gasteiger partial charge in [-0.3, -0.25) is 4.79 Å². The van der Waals surface area contributed by atoms with Crippen LogP contribution in [0, 0.1) is 0 Å². The number of methoxy groups -OCH3 is 4. The summed E-state index contributed by atoms with van der Waals surface area (Å²) in [6.45, 7) is -0.839. The molecule has 12 heteroatoms. The largest absolute Gasteiger partial charge is 0.497 e. The van der Waals surface area contributed by atoms with Gasteiger partial charge in [0.1, 0.15) is 40.6 Å². The Balaban J connectivity index is 0.000000250. The number of aliphatic carboxylic acids is 2. The molecule has 242 valence electrons. The zero-order valence-electron chi connectivity index (χ0n) is 25.6. The lowest BCUT2D eigenvalue weighted by Crippen LogP contribution is -2.09. The van der Waals surface area contributed by atoms with Gasteiger partial charge in [0.05, 0.1) is 34.0 Å². The lowest BCUT2D eigenvalue weighted by molar-refractivity contribution is -0.140. The second kappa shape index (κ2) is 16.9. The number of aliphatic hydroxyl groups is 1. The third kappa shape index (κ3) is 9.63. The SMILES string of the molecule is COc1ccc(C(=O)c2ccc(OCC(=O)O)cc2)c(OC)c1.COc1ccc(C(O)c2ccc(OCC(=O)O)cc2)c(OC)c1. The minimum absolute atomic E-state index is 0.214. The van der Waals surface area contributed by atoms with Crippen molar-refractivity contribution in [3.63, 3.8) is 0 Å². The zero-order chi connectivity index (χ0) is 33.6. The molecule has 3 N–H and O–H groups in total. The quantitative estimate of drug-likeness (QED) is 0.165. The molecule has 0 aliphatic heterocycles. The molecule has 46 heavy (non-hydrogen) atoms. The van der Waals surface area contributed by atoms with Crippen molar-refractivity contribution in [2.45, 2.75) is 6.10 Å². The van der Waals surface area contributed by atoms with Crippen LogP contribution in [0.5, 0.6) is 34.5 Å². The molecule has 0 radical (unpaired) electrons. The summed E-state index contributed by atoms with van der Waals surface area (Å²) in [6, 6.07) is 22.9. The van der Waals surface area contributed by atoms with E-state index in [1.54, 1.807) is 92.0 Å². The number of hydrogen-bond acceptors (Lipinski definition) is 10. The third-order valence-electron chi connectivity index (χ3n) is 6.43. The number of rotatable bonds is 14. The highest BCUT2D eigenvalue weighted by Gasteiger charge is 2.17. The van der Waals surface area contributed by atoms with Crippen LogP contribution in [0.2, 0.25) is 0 Å². The fraction of sp³-hybridized carbons (Fsp3) is 0.206. The molecular weight excluding hydrogens is 600 g/mol. The summed E-state index contributed by atoms with van der Waals surface area (Å²) in [7, 11) is 6.09. The number of hydrogen-bond donors (Lipinski definition) is 3. The number of carboxylic acid groups (broad SMARTS) is 2. The molecule has 0 spiro atoms. The number of carbonyl (C=O) groups is 3. The molecule has 4 aromatic carbocycles. The smallest absolute Gasteiger partial charge is 0.341 e. The molecule has 0 fully saturated rings. The van der Waals surface area contributed by atoms with E-state index in [1.165, 1.54) is 21.3 Å². The number of ether oxygens (including phenoxy) is 6. The van der Waals surface area contributed by atoms with Gasteiger partial charge in [-0.2, -0.15) is 0 Å². The molecule has 0 aromatic heterocycles. The first-order valence-corrected chi connectivity index (χ1v) is 13.7. The van der Waals surface area contributed by atoms with E-state index in [-0.39, 0.29) is 5.78 Å². The van der Waals surface area contributed by atoms with E-state index < -0.39 is 31.3 Å². The third-order valence-corrected chi connectivity index (χ3v) is 6.43. The molecule has 1 atom stereocenters. The molecule has 1 unspecified atom stereocenters. The van der Waals surface area contributed by atoms with E-state index in [9.17, 15) is 19.5 Å². The molecule has 0 bridgehead atoms. The maximum absolute atomic E-state index is 12.5. The Bertz CT molecular complexity index is 1610. The van der Waals surface area contributed by atoms with Gasteiger partial charge in [-0.05, 0) is 66.2 Å². The number of carboxylic acids is 2. The summed E-state index contributed by atoms with van der Waals surface area (Å²) in [5, 5.41) is 27.7. The van der Waals surface area contributed by atoms with Crippen molar-refractivity contribution < 1.29 is 58.1 Å². The highest BCUT2D eigenvalue weighted by Crippen LogP contribution is 2.33. The van der Waals surface area contributed by atoms with Gasteiger partial charge in [-0.25, -0.2) is 9.59 Å². The van der Waals surface area contributed by atoms with Crippen LogP contribution >= 0.6 is 0 Å². The van der Waals surface area contributed by atoms with Gasteiger partial charge in [0.2, 0.25) is 0 Å². The van der Waals surface area contributed by atoms with Crippen molar-refractivity contribution in [3.05, 3.63) is 107 Å². The van der Waals surface area contributed by atoms with Crippen molar-refractivity contribution in [2.24, 2.45) is 0 Å². The Morgan fingerprint density at radius 3 is 1.52 bits per heavy atom. The van der Waals surface area contributed by atoms with Crippen molar-refractivity contribution in [1.82, 2.24) is 0 Å². The first kappa shape index (κ1) is 34.7. The molecule has 0 saturated carbocycles. The number of carbonyl (C=O) groups excluding carboxylic acids is 1. The van der Waals surface area contributed by atoms with E-state index in [0.29, 0.717) is 56.8 Å². The van der Waals surface area contributed by atoms with Gasteiger partial charge in [0, 0.05) is 23.3 Å². The van der Waals surface area contributed by atoms with Gasteiger partial charge in [0.25, 0.3) is 0 Å². The van der Waals surface area contributed by atoms with Gasteiger partial charge in [-0.15, -0.1) is 0 Å². The monoisotopic (exact) mass is 634 g/mol. The van der Waals surface area contributed by atoms with Crippen LogP contribution in [0.25, 0.3) is 0 Å². The van der Waals surface area contributed by atoms with Crippen LogP contribution < -0.4 is 28.4 Å². The lowest BCUT2D eigenvalue weighted by atomic mass is 10.0. The first-order valence-electron chi connectivity index (χ1n) is 13.7. The molecule has 0 aliphatic carbocycles. The first-order chi connectivity index (χ1) is 22.1. The fourth-order valence-corrected chi connectivity index (χ4v) is 4.10. The van der Waals surface area contributed by atoms with Crippen LogP contribution in [0.4, 0.5) is 0 Å². The van der Waals surface area contributed by atoms with Crippen molar-refractivity contribution >= 4 is 17.7 Å². The van der Waals surface area contributed by atoms with Crippen LogP contribution in [0.3, 0.4) is 0 Å². The van der Waals surface area contributed by atoms with Crippen LogP contribution in [0.15, 0.2) is 84.9 Å². The van der Waals surface area contributed by atoms with Gasteiger partial charge in [-0.1, -0.05) is 12.1 Å². The average Bonchev–Trinajstić information content (AvgIpc) is 3.09. The molecule has 0 amide bonds.